The van der Waals surface area contributed by atoms with Crippen LogP contribution in [0.2, 0.25) is 0 Å². The first-order valence-electron chi connectivity index (χ1n) is 9.44. The van der Waals surface area contributed by atoms with Gasteiger partial charge in [0.05, 0.1) is 12.2 Å². The summed E-state index contributed by atoms with van der Waals surface area (Å²) in [5, 5.41) is 10.2. The molecular weight excluding hydrogens is 272 g/mol. The number of hydrogen-bond acceptors (Lipinski definition) is 2. The molecule has 122 valence electrons. The van der Waals surface area contributed by atoms with Gasteiger partial charge in [-0.15, -0.1) is 0 Å². The number of epoxide rings is 1. The molecule has 0 radical (unpaired) electrons. The number of allylic oxidation sites excluding steroid dienone is 2. The molecule has 4 aliphatic carbocycles. The topological polar surface area (TPSA) is 32.8 Å². The molecule has 0 aromatic heterocycles. The van der Waals surface area contributed by atoms with Gasteiger partial charge in [0.2, 0.25) is 0 Å². The van der Waals surface area contributed by atoms with Gasteiger partial charge in [0.1, 0.15) is 5.60 Å². The summed E-state index contributed by atoms with van der Waals surface area (Å²) in [5.41, 5.74) is 2.47. The maximum Gasteiger partial charge on any atom is 0.103 e. The lowest BCUT2D eigenvalue weighted by atomic mass is 9.44. The summed E-state index contributed by atoms with van der Waals surface area (Å²) in [6.07, 6.45) is 11.2. The second kappa shape index (κ2) is 4.00. The molecule has 5 aliphatic rings. The van der Waals surface area contributed by atoms with Crippen molar-refractivity contribution in [3.63, 3.8) is 0 Å². The van der Waals surface area contributed by atoms with Crippen LogP contribution < -0.4 is 0 Å². The van der Waals surface area contributed by atoms with Crippen molar-refractivity contribution in [2.75, 3.05) is 0 Å². The highest BCUT2D eigenvalue weighted by Gasteiger charge is 2.75. The van der Waals surface area contributed by atoms with E-state index in [-0.39, 0.29) is 11.7 Å². The first kappa shape index (κ1) is 14.0. The smallest absolute Gasteiger partial charge is 0.103 e. The predicted octanol–water partition coefficient (Wildman–Crippen LogP) is 4.08. The fraction of sp³-hybridized carbons (Fsp3) is 0.900. The Labute approximate surface area is 134 Å². The monoisotopic (exact) mass is 302 g/mol. The molecule has 8 atom stereocenters. The first-order valence-corrected chi connectivity index (χ1v) is 9.44. The number of rotatable bonds is 0. The van der Waals surface area contributed by atoms with Gasteiger partial charge in [-0.2, -0.15) is 0 Å². The van der Waals surface area contributed by atoms with Gasteiger partial charge in [-0.25, -0.2) is 0 Å². The van der Waals surface area contributed by atoms with Crippen molar-refractivity contribution in [1.82, 2.24) is 0 Å². The summed E-state index contributed by atoms with van der Waals surface area (Å²) >= 11 is 0. The standard InChI is InChI=1S/C20H30O2/c1-12-4-5-15-14-10-17-20(22-17)11-13(21)6-9-19(20,3)16(14)7-8-18(12,15)2/h4,13-17,21H,5-11H2,1-3H3. The Balaban J connectivity index is 1.52. The molecule has 8 unspecified atom stereocenters. The molecule has 0 aromatic carbocycles. The summed E-state index contributed by atoms with van der Waals surface area (Å²) < 4.78 is 6.37. The van der Waals surface area contributed by atoms with Gasteiger partial charge in [0.25, 0.3) is 0 Å². The summed E-state index contributed by atoms with van der Waals surface area (Å²) in [4.78, 5) is 0. The van der Waals surface area contributed by atoms with E-state index in [0.29, 0.717) is 16.9 Å². The van der Waals surface area contributed by atoms with Crippen molar-refractivity contribution in [1.29, 1.82) is 0 Å². The third kappa shape index (κ3) is 1.41. The largest absolute Gasteiger partial charge is 0.393 e. The van der Waals surface area contributed by atoms with Crippen LogP contribution in [0.4, 0.5) is 0 Å². The fourth-order valence-corrected chi connectivity index (χ4v) is 7.44. The molecule has 5 rings (SSSR count). The van der Waals surface area contributed by atoms with Crippen LogP contribution in [0.3, 0.4) is 0 Å². The molecule has 0 amide bonds. The Morgan fingerprint density at radius 1 is 1.18 bits per heavy atom. The van der Waals surface area contributed by atoms with E-state index >= 15 is 0 Å². The second-order valence-electron chi connectivity index (χ2n) is 9.50. The summed E-state index contributed by atoms with van der Waals surface area (Å²) in [6.45, 7) is 7.39. The third-order valence-corrected chi connectivity index (χ3v) is 9.03. The molecule has 0 bridgehead atoms. The van der Waals surface area contributed by atoms with Gasteiger partial charge >= 0.3 is 0 Å². The lowest BCUT2D eigenvalue weighted by molar-refractivity contribution is -0.104. The van der Waals surface area contributed by atoms with Gasteiger partial charge in [-0.1, -0.05) is 25.5 Å². The maximum absolute atomic E-state index is 10.2. The highest BCUT2D eigenvalue weighted by atomic mass is 16.6. The zero-order valence-electron chi connectivity index (χ0n) is 14.3. The average Bonchev–Trinajstić information content (AvgIpc) is 3.08. The minimum atomic E-state index is -0.126. The minimum Gasteiger partial charge on any atom is -0.393 e. The quantitative estimate of drug-likeness (QED) is 0.540. The van der Waals surface area contributed by atoms with Crippen LogP contribution in [0.25, 0.3) is 0 Å². The maximum atomic E-state index is 10.2. The van der Waals surface area contributed by atoms with Crippen LogP contribution in [0.15, 0.2) is 11.6 Å². The van der Waals surface area contributed by atoms with E-state index in [9.17, 15) is 5.11 Å². The first-order chi connectivity index (χ1) is 10.4. The van der Waals surface area contributed by atoms with Crippen LogP contribution in [0.1, 0.15) is 65.7 Å². The molecule has 1 N–H and O–H groups in total. The Bertz CT molecular complexity index is 554. The summed E-state index contributed by atoms with van der Waals surface area (Å²) in [5.74, 6) is 2.50. The Morgan fingerprint density at radius 2 is 2.00 bits per heavy atom. The van der Waals surface area contributed by atoms with E-state index in [2.05, 4.69) is 26.8 Å². The normalized spacial score (nSPS) is 62.4. The summed E-state index contributed by atoms with van der Waals surface area (Å²) in [6, 6.07) is 0. The van der Waals surface area contributed by atoms with Crippen molar-refractivity contribution < 1.29 is 9.84 Å². The molecule has 1 spiro atoms. The predicted molar refractivity (Wildman–Crippen MR) is 86.4 cm³/mol. The second-order valence-corrected chi connectivity index (χ2v) is 9.50. The number of fused-ring (bicyclic) bond motifs is 4. The van der Waals surface area contributed by atoms with Crippen LogP contribution in [-0.4, -0.2) is 22.9 Å². The molecule has 1 saturated heterocycles. The summed E-state index contributed by atoms with van der Waals surface area (Å²) in [7, 11) is 0. The lowest BCUT2D eigenvalue weighted by Gasteiger charge is -2.59. The fourth-order valence-electron chi connectivity index (χ4n) is 7.44. The van der Waals surface area contributed by atoms with Crippen LogP contribution >= 0.6 is 0 Å². The van der Waals surface area contributed by atoms with Crippen molar-refractivity contribution >= 4 is 0 Å². The highest BCUT2D eigenvalue weighted by Crippen LogP contribution is 2.73. The molecule has 4 fully saturated rings. The van der Waals surface area contributed by atoms with Gasteiger partial charge in [-0.3, -0.25) is 0 Å². The Morgan fingerprint density at radius 3 is 2.82 bits per heavy atom. The molecule has 3 saturated carbocycles. The zero-order valence-corrected chi connectivity index (χ0v) is 14.3. The molecule has 1 heterocycles. The van der Waals surface area contributed by atoms with Crippen molar-refractivity contribution in [3.8, 4) is 0 Å². The molecular formula is C20H30O2. The molecule has 22 heavy (non-hydrogen) atoms. The Hall–Kier alpha value is -0.340. The van der Waals surface area contributed by atoms with Gasteiger partial charge < -0.3 is 9.84 Å². The van der Waals surface area contributed by atoms with E-state index < -0.39 is 0 Å². The van der Waals surface area contributed by atoms with E-state index in [0.717, 1.165) is 30.6 Å². The van der Waals surface area contributed by atoms with E-state index in [4.69, 9.17) is 4.74 Å². The number of hydrogen-bond donors (Lipinski definition) is 1. The third-order valence-electron chi connectivity index (χ3n) is 9.03. The van der Waals surface area contributed by atoms with Gasteiger partial charge in [0, 0.05) is 11.8 Å². The highest BCUT2D eigenvalue weighted by molar-refractivity contribution is 5.28. The molecule has 0 aromatic rings. The molecule has 2 heteroatoms. The SMILES string of the molecule is CC1=CCC2C3CC4OC45CC(O)CCC5(C)C3CCC12C. The van der Waals surface area contributed by atoms with Crippen LogP contribution in [0, 0.1) is 28.6 Å². The van der Waals surface area contributed by atoms with Crippen LogP contribution in [0.5, 0.6) is 0 Å². The zero-order chi connectivity index (χ0) is 15.3. The number of aliphatic hydroxyl groups is 1. The van der Waals surface area contributed by atoms with E-state index in [1.807, 2.05) is 0 Å². The van der Waals surface area contributed by atoms with Gasteiger partial charge in [-0.05, 0) is 68.6 Å². The minimum absolute atomic E-state index is 0.0423. The van der Waals surface area contributed by atoms with E-state index in [1.165, 1.54) is 32.1 Å². The van der Waals surface area contributed by atoms with Gasteiger partial charge in [0.15, 0.2) is 0 Å². The van der Waals surface area contributed by atoms with Crippen molar-refractivity contribution in [2.45, 2.75) is 83.5 Å². The van der Waals surface area contributed by atoms with Crippen molar-refractivity contribution in [3.05, 3.63) is 11.6 Å². The molecule has 1 aliphatic heterocycles. The van der Waals surface area contributed by atoms with Crippen LogP contribution in [-0.2, 0) is 4.74 Å². The van der Waals surface area contributed by atoms with E-state index in [1.54, 1.807) is 5.57 Å². The number of aliphatic hydroxyl groups excluding tert-OH is 1. The average molecular weight is 302 g/mol. The Kier molecular flexibility index (Phi) is 2.56. The lowest BCUT2D eigenvalue weighted by Crippen LogP contribution is -2.58. The van der Waals surface area contributed by atoms with Crippen molar-refractivity contribution in [2.24, 2.45) is 28.6 Å². The molecule has 2 nitrogen and oxygen atoms in total. The number of ether oxygens (including phenoxy) is 1.